The van der Waals surface area contributed by atoms with E-state index in [1.165, 1.54) is 13.0 Å². The van der Waals surface area contributed by atoms with Crippen molar-refractivity contribution in [1.82, 2.24) is 30.1 Å². The average Bonchev–Trinajstić information content (AvgIpc) is 3.57. The summed E-state index contributed by atoms with van der Waals surface area (Å²) in [5, 5.41) is 13.0. The molecule has 4 fully saturated rings. The Morgan fingerprint density at radius 2 is 2.02 bits per heavy atom. The van der Waals surface area contributed by atoms with Crippen LogP contribution in [0.2, 0.25) is 0 Å². The fourth-order valence-corrected chi connectivity index (χ4v) is 8.83. The van der Waals surface area contributed by atoms with Crippen molar-refractivity contribution in [1.29, 1.82) is 5.26 Å². The van der Waals surface area contributed by atoms with Gasteiger partial charge in [-0.1, -0.05) is 13.0 Å². The highest BCUT2D eigenvalue weighted by molar-refractivity contribution is 5.88. The number of carbonyl (C=O) groups is 1. The van der Waals surface area contributed by atoms with Crippen molar-refractivity contribution in [3.8, 4) is 12.1 Å². The van der Waals surface area contributed by atoms with Crippen molar-refractivity contribution in [2.45, 2.75) is 94.7 Å². The molecule has 7 rings (SSSR count). The first-order valence-corrected chi connectivity index (χ1v) is 17.9. The standard InChI is InChI=1S/C36H45F4N9O2/c1-21-14-27-28(16-26(21)32-31(36(38,39)40)22(2)15-29(42)45-32)44-34(51-20-35-8-3-11-48(35)18-23(37)17-35)46-33(27)47-12-13-49(25(19-47)6-9-41)30(50)5-4-24-7-10-43-24/h4-5,15,21,23-26,43H,3,6-8,10-14,16-20H2,1-2H3,(H2,42,45)/b5-4+/t21?,23-,24?,25+,26?,35+/m1/s1. The highest BCUT2D eigenvalue weighted by atomic mass is 19.4. The number of halogens is 4. The van der Waals surface area contributed by atoms with Gasteiger partial charge in [0.05, 0.1) is 41.0 Å². The number of ether oxygens (including phenoxy) is 1. The Kier molecular flexibility index (Phi) is 9.60. The molecule has 0 bridgehead atoms. The molecule has 0 saturated carbocycles. The number of hydrogen-bond donors (Lipinski definition) is 2. The van der Waals surface area contributed by atoms with E-state index in [0.717, 1.165) is 37.9 Å². The van der Waals surface area contributed by atoms with Crippen LogP contribution in [0.25, 0.3) is 0 Å². The molecule has 2 aromatic heterocycles. The smallest absolute Gasteiger partial charge is 0.418 e. The summed E-state index contributed by atoms with van der Waals surface area (Å²) >= 11 is 0. The molecule has 3 unspecified atom stereocenters. The van der Waals surface area contributed by atoms with Crippen LogP contribution in [0.4, 0.5) is 29.2 Å². The number of nitrogens with two attached hydrogens (primary N) is 1. The summed E-state index contributed by atoms with van der Waals surface area (Å²) in [4.78, 5) is 33.2. The van der Waals surface area contributed by atoms with E-state index < -0.39 is 35.4 Å². The summed E-state index contributed by atoms with van der Waals surface area (Å²) in [5.41, 5.74) is 6.09. The van der Waals surface area contributed by atoms with E-state index >= 15 is 0 Å². The zero-order chi connectivity index (χ0) is 36.1. The Labute approximate surface area is 295 Å². The summed E-state index contributed by atoms with van der Waals surface area (Å²) < 4.78 is 64.2. The van der Waals surface area contributed by atoms with E-state index in [1.54, 1.807) is 11.0 Å². The van der Waals surface area contributed by atoms with E-state index in [-0.39, 0.29) is 60.4 Å². The van der Waals surface area contributed by atoms with Crippen molar-refractivity contribution in [3.63, 3.8) is 0 Å². The number of alkyl halides is 4. The van der Waals surface area contributed by atoms with Crippen LogP contribution >= 0.6 is 0 Å². The summed E-state index contributed by atoms with van der Waals surface area (Å²) in [6, 6.07) is 3.33. The zero-order valence-electron chi connectivity index (χ0n) is 29.1. The van der Waals surface area contributed by atoms with Gasteiger partial charge >= 0.3 is 12.2 Å². The number of piperazine rings is 1. The molecule has 3 N–H and O–H groups in total. The SMILES string of the molecule is Cc1cc(N)nc(C2Cc3nc(OC[C@@]45CCCN4C[C@H](F)C5)nc(N4CCN(C(=O)/C=C/C5CCN5)[C@@H](CC#N)C4)c3CC2C)c1C(F)(F)F. The third-order valence-electron chi connectivity index (χ3n) is 11.5. The van der Waals surface area contributed by atoms with Gasteiger partial charge in [-0.05, 0) is 69.7 Å². The Balaban J connectivity index is 1.22. The molecule has 1 aliphatic carbocycles. The first kappa shape index (κ1) is 35.4. The number of hydrogen-bond acceptors (Lipinski definition) is 10. The minimum absolute atomic E-state index is 0.0215. The Morgan fingerprint density at radius 1 is 1.22 bits per heavy atom. The van der Waals surface area contributed by atoms with E-state index in [1.807, 2.05) is 17.9 Å². The number of amides is 1. The number of rotatable bonds is 8. The normalized spacial score (nSPS) is 29.5. The van der Waals surface area contributed by atoms with Crippen LogP contribution < -0.4 is 20.7 Å². The van der Waals surface area contributed by atoms with E-state index in [9.17, 15) is 27.6 Å². The topological polar surface area (TPSA) is 137 Å². The van der Waals surface area contributed by atoms with Gasteiger partial charge in [0.2, 0.25) is 5.91 Å². The summed E-state index contributed by atoms with van der Waals surface area (Å²) in [7, 11) is 0. The van der Waals surface area contributed by atoms with Crippen LogP contribution in [0.1, 0.15) is 73.0 Å². The molecule has 4 saturated heterocycles. The quantitative estimate of drug-likeness (QED) is 0.304. The van der Waals surface area contributed by atoms with Gasteiger partial charge in [-0.15, -0.1) is 0 Å². The van der Waals surface area contributed by atoms with Crippen molar-refractivity contribution in [3.05, 3.63) is 46.3 Å². The maximum atomic E-state index is 14.6. The second-order valence-electron chi connectivity index (χ2n) is 14.9. The average molecular weight is 712 g/mol. The largest absolute Gasteiger partial charge is 0.461 e. The lowest BCUT2D eigenvalue weighted by Gasteiger charge is -2.42. The minimum Gasteiger partial charge on any atom is -0.461 e. The first-order valence-electron chi connectivity index (χ1n) is 17.9. The van der Waals surface area contributed by atoms with Gasteiger partial charge in [0, 0.05) is 56.2 Å². The van der Waals surface area contributed by atoms with Gasteiger partial charge in [-0.2, -0.15) is 28.4 Å². The van der Waals surface area contributed by atoms with Crippen LogP contribution in [-0.2, 0) is 23.8 Å². The predicted octanol–water partition coefficient (Wildman–Crippen LogP) is 4.10. The molecule has 0 radical (unpaired) electrons. The van der Waals surface area contributed by atoms with Crippen molar-refractivity contribution >= 4 is 17.5 Å². The number of aryl methyl sites for hydroxylation is 1. The summed E-state index contributed by atoms with van der Waals surface area (Å²) in [6.07, 6.45) is 1.61. The van der Waals surface area contributed by atoms with Crippen LogP contribution in [0, 0.1) is 24.2 Å². The van der Waals surface area contributed by atoms with Crippen molar-refractivity contribution < 1.29 is 27.1 Å². The highest BCUT2D eigenvalue weighted by Gasteiger charge is 2.50. The number of fused-ring (bicyclic) bond motifs is 2. The fourth-order valence-electron chi connectivity index (χ4n) is 8.83. The molecule has 6 heterocycles. The molecule has 15 heteroatoms. The summed E-state index contributed by atoms with van der Waals surface area (Å²) in [6.45, 7) is 6.71. The Bertz CT molecular complexity index is 1730. The molecule has 6 atom stereocenters. The Morgan fingerprint density at radius 3 is 2.75 bits per heavy atom. The zero-order valence-corrected chi connectivity index (χ0v) is 29.1. The lowest BCUT2D eigenvalue weighted by molar-refractivity contribution is -0.139. The number of nitrogen functional groups attached to an aromatic ring is 1. The van der Waals surface area contributed by atoms with Crippen LogP contribution in [0.5, 0.6) is 6.01 Å². The third-order valence-corrected chi connectivity index (χ3v) is 11.5. The molecule has 274 valence electrons. The van der Waals surface area contributed by atoms with Gasteiger partial charge < -0.3 is 25.6 Å². The number of nitriles is 1. The van der Waals surface area contributed by atoms with Gasteiger partial charge in [-0.3, -0.25) is 9.69 Å². The van der Waals surface area contributed by atoms with E-state index in [0.29, 0.717) is 50.5 Å². The molecule has 11 nitrogen and oxygen atoms in total. The third kappa shape index (κ3) is 6.96. The van der Waals surface area contributed by atoms with Crippen molar-refractivity contribution in [2.75, 3.05) is 56.5 Å². The lowest BCUT2D eigenvalue weighted by atomic mass is 9.75. The molecule has 51 heavy (non-hydrogen) atoms. The second-order valence-corrected chi connectivity index (χ2v) is 14.9. The molecule has 5 aliphatic rings. The van der Waals surface area contributed by atoms with Gasteiger partial charge in [0.25, 0.3) is 0 Å². The second kappa shape index (κ2) is 13.8. The molecular weight excluding hydrogens is 666 g/mol. The number of aromatic nitrogens is 3. The molecule has 0 aromatic carbocycles. The van der Waals surface area contributed by atoms with E-state index in [2.05, 4.69) is 21.3 Å². The number of anilines is 2. The highest BCUT2D eigenvalue weighted by Crippen LogP contribution is 2.46. The molecule has 0 spiro atoms. The first-order chi connectivity index (χ1) is 24.3. The monoisotopic (exact) mass is 711 g/mol. The van der Waals surface area contributed by atoms with Crippen LogP contribution in [-0.4, -0.2) is 100 Å². The summed E-state index contributed by atoms with van der Waals surface area (Å²) in [5.74, 6) is -0.431. The minimum atomic E-state index is -4.62. The number of pyridine rings is 1. The van der Waals surface area contributed by atoms with Crippen LogP contribution in [0.3, 0.4) is 0 Å². The maximum Gasteiger partial charge on any atom is 0.418 e. The molecule has 1 amide bonds. The maximum absolute atomic E-state index is 14.6. The number of nitrogens with one attached hydrogen (secondary N) is 1. The molecular formula is C36H45F4N9O2. The Hall–Kier alpha value is -4.03. The fraction of sp³-hybridized carbons (Fsp3) is 0.639. The molecule has 2 aromatic rings. The number of nitrogens with zero attached hydrogens (tertiary/aromatic N) is 7. The van der Waals surface area contributed by atoms with Crippen molar-refractivity contribution in [2.24, 2.45) is 5.92 Å². The van der Waals surface area contributed by atoms with E-state index in [4.69, 9.17) is 20.4 Å². The van der Waals surface area contributed by atoms with Gasteiger partial charge in [0.1, 0.15) is 24.4 Å². The number of carbonyl (C=O) groups excluding carboxylic acids is 1. The van der Waals surface area contributed by atoms with Crippen LogP contribution in [0.15, 0.2) is 18.2 Å². The van der Waals surface area contributed by atoms with Gasteiger partial charge in [-0.25, -0.2) is 9.37 Å². The lowest BCUT2D eigenvalue weighted by Crippen LogP contribution is -2.55. The van der Waals surface area contributed by atoms with Gasteiger partial charge in [0.15, 0.2) is 0 Å². The predicted molar refractivity (Wildman–Crippen MR) is 182 cm³/mol. The molecule has 4 aliphatic heterocycles.